The van der Waals surface area contributed by atoms with Crippen molar-refractivity contribution in [3.63, 3.8) is 0 Å². The molecule has 18 heavy (non-hydrogen) atoms. The second kappa shape index (κ2) is 9.64. The smallest absolute Gasteiger partial charge is 0.315 e. The molecule has 0 saturated carbocycles. The van der Waals surface area contributed by atoms with Crippen LogP contribution in [0.15, 0.2) is 0 Å². The summed E-state index contributed by atoms with van der Waals surface area (Å²) in [5, 5.41) is 3.56. The molecular formula is C13H25NO3S. The Morgan fingerprint density at radius 1 is 1.56 bits per heavy atom. The summed E-state index contributed by atoms with van der Waals surface area (Å²) in [6.07, 6.45) is 2.26. The quantitative estimate of drug-likeness (QED) is 0.649. The minimum Gasteiger partial charge on any atom is -0.465 e. The fourth-order valence-electron chi connectivity index (χ4n) is 2.03. The highest BCUT2D eigenvalue weighted by atomic mass is 32.2. The SMILES string of the molecule is CCCNC(CSCC(=O)OCC)C1CCOC1. The van der Waals surface area contributed by atoms with Gasteiger partial charge in [-0.3, -0.25) is 4.79 Å². The number of ether oxygens (including phenoxy) is 2. The second-order valence-electron chi connectivity index (χ2n) is 4.50. The molecule has 1 saturated heterocycles. The Morgan fingerprint density at radius 3 is 3.00 bits per heavy atom. The van der Waals surface area contributed by atoms with E-state index in [1.165, 1.54) is 0 Å². The molecule has 1 N–H and O–H groups in total. The molecular weight excluding hydrogens is 250 g/mol. The van der Waals surface area contributed by atoms with Crippen molar-refractivity contribution >= 4 is 17.7 Å². The zero-order chi connectivity index (χ0) is 13.2. The lowest BCUT2D eigenvalue weighted by atomic mass is 10.0. The zero-order valence-corrected chi connectivity index (χ0v) is 12.3. The summed E-state index contributed by atoms with van der Waals surface area (Å²) < 4.78 is 10.4. The van der Waals surface area contributed by atoms with E-state index in [4.69, 9.17) is 9.47 Å². The molecule has 0 aromatic rings. The molecule has 0 bridgehead atoms. The molecule has 1 aliphatic heterocycles. The summed E-state index contributed by atoms with van der Waals surface area (Å²) in [7, 11) is 0. The number of esters is 1. The number of carbonyl (C=O) groups is 1. The molecule has 1 heterocycles. The van der Waals surface area contributed by atoms with Gasteiger partial charge in [0.1, 0.15) is 0 Å². The van der Waals surface area contributed by atoms with Gasteiger partial charge in [-0.15, -0.1) is 11.8 Å². The van der Waals surface area contributed by atoms with Crippen LogP contribution < -0.4 is 5.32 Å². The number of hydrogen-bond donors (Lipinski definition) is 1. The molecule has 0 aliphatic carbocycles. The van der Waals surface area contributed by atoms with E-state index in [1.54, 1.807) is 11.8 Å². The average Bonchev–Trinajstić information content (AvgIpc) is 2.87. The van der Waals surface area contributed by atoms with Crippen LogP contribution in [0.5, 0.6) is 0 Å². The van der Waals surface area contributed by atoms with Crippen molar-refractivity contribution in [2.75, 3.05) is 37.9 Å². The van der Waals surface area contributed by atoms with Crippen molar-refractivity contribution in [2.45, 2.75) is 32.7 Å². The first kappa shape index (κ1) is 15.8. The topological polar surface area (TPSA) is 47.6 Å². The summed E-state index contributed by atoms with van der Waals surface area (Å²) in [5.41, 5.74) is 0. The van der Waals surface area contributed by atoms with Gasteiger partial charge >= 0.3 is 5.97 Å². The monoisotopic (exact) mass is 275 g/mol. The Hall–Kier alpha value is -0.260. The highest BCUT2D eigenvalue weighted by molar-refractivity contribution is 7.99. The number of thioether (sulfide) groups is 1. The summed E-state index contributed by atoms with van der Waals surface area (Å²) in [6, 6.07) is 0.451. The Balaban J connectivity index is 2.24. The maximum Gasteiger partial charge on any atom is 0.315 e. The Bertz CT molecular complexity index is 232. The number of hydrogen-bond acceptors (Lipinski definition) is 5. The van der Waals surface area contributed by atoms with E-state index < -0.39 is 0 Å². The van der Waals surface area contributed by atoms with Crippen LogP contribution >= 0.6 is 11.8 Å². The standard InChI is InChI=1S/C13H25NO3S/c1-3-6-14-12(11-5-7-16-8-11)9-18-10-13(15)17-4-2/h11-12,14H,3-10H2,1-2H3. The van der Waals surface area contributed by atoms with E-state index in [1.807, 2.05) is 6.92 Å². The molecule has 0 amide bonds. The fraction of sp³-hybridized carbons (Fsp3) is 0.923. The van der Waals surface area contributed by atoms with Crippen LogP contribution in [0.1, 0.15) is 26.7 Å². The molecule has 106 valence electrons. The van der Waals surface area contributed by atoms with Crippen LogP contribution in [-0.4, -0.2) is 49.9 Å². The lowest BCUT2D eigenvalue weighted by Gasteiger charge is -2.23. The first-order valence-corrected chi connectivity index (χ1v) is 7.97. The van der Waals surface area contributed by atoms with Crippen LogP contribution in [0.25, 0.3) is 0 Å². The highest BCUT2D eigenvalue weighted by Gasteiger charge is 2.25. The molecule has 1 rings (SSSR count). The number of carbonyl (C=O) groups excluding carboxylic acids is 1. The zero-order valence-electron chi connectivity index (χ0n) is 11.4. The van der Waals surface area contributed by atoms with E-state index >= 15 is 0 Å². The number of nitrogens with one attached hydrogen (secondary N) is 1. The fourth-order valence-corrected chi connectivity index (χ4v) is 3.05. The van der Waals surface area contributed by atoms with E-state index in [9.17, 15) is 4.79 Å². The van der Waals surface area contributed by atoms with Gasteiger partial charge in [-0.25, -0.2) is 0 Å². The Kier molecular flexibility index (Phi) is 8.46. The third-order valence-electron chi connectivity index (χ3n) is 3.01. The highest BCUT2D eigenvalue weighted by Crippen LogP contribution is 2.20. The van der Waals surface area contributed by atoms with Crippen molar-refractivity contribution in [3.05, 3.63) is 0 Å². The largest absolute Gasteiger partial charge is 0.465 e. The minimum absolute atomic E-state index is 0.112. The molecule has 1 aliphatic rings. The molecule has 0 aromatic carbocycles. The van der Waals surface area contributed by atoms with Gasteiger partial charge in [0, 0.05) is 24.3 Å². The third kappa shape index (κ3) is 6.07. The predicted octanol–water partition coefficient (Wildman–Crippen LogP) is 1.69. The van der Waals surface area contributed by atoms with Crippen molar-refractivity contribution in [1.82, 2.24) is 5.32 Å². The first-order valence-electron chi connectivity index (χ1n) is 6.82. The maximum absolute atomic E-state index is 11.3. The molecule has 0 radical (unpaired) electrons. The molecule has 1 fully saturated rings. The second-order valence-corrected chi connectivity index (χ2v) is 5.53. The van der Waals surface area contributed by atoms with Crippen molar-refractivity contribution in [3.8, 4) is 0 Å². The van der Waals surface area contributed by atoms with Crippen molar-refractivity contribution < 1.29 is 14.3 Å². The molecule has 0 spiro atoms. The van der Waals surface area contributed by atoms with Gasteiger partial charge in [-0.05, 0) is 26.3 Å². The molecule has 2 atom stereocenters. The normalized spacial score (nSPS) is 20.9. The van der Waals surface area contributed by atoms with Crippen LogP contribution in [0.3, 0.4) is 0 Å². The Morgan fingerprint density at radius 2 is 2.39 bits per heavy atom. The van der Waals surface area contributed by atoms with E-state index in [0.29, 0.717) is 24.3 Å². The van der Waals surface area contributed by atoms with Gasteiger partial charge < -0.3 is 14.8 Å². The van der Waals surface area contributed by atoms with Gasteiger partial charge in [0.05, 0.1) is 19.0 Å². The lowest BCUT2D eigenvalue weighted by Crippen LogP contribution is -2.39. The molecule has 2 unspecified atom stereocenters. The molecule has 5 heteroatoms. The first-order chi connectivity index (χ1) is 8.77. The third-order valence-corrected chi connectivity index (χ3v) is 4.05. The maximum atomic E-state index is 11.3. The van der Waals surface area contributed by atoms with E-state index in [0.717, 1.165) is 38.4 Å². The van der Waals surface area contributed by atoms with Gasteiger partial charge in [0.25, 0.3) is 0 Å². The van der Waals surface area contributed by atoms with Crippen molar-refractivity contribution in [2.24, 2.45) is 5.92 Å². The summed E-state index contributed by atoms with van der Waals surface area (Å²) in [4.78, 5) is 11.3. The molecule has 4 nitrogen and oxygen atoms in total. The van der Waals surface area contributed by atoms with Crippen LogP contribution in [0.2, 0.25) is 0 Å². The van der Waals surface area contributed by atoms with Crippen LogP contribution in [0.4, 0.5) is 0 Å². The molecule has 0 aromatic heterocycles. The van der Waals surface area contributed by atoms with Gasteiger partial charge in [-0.1, -0.05) is 6.92 Å². The van der Waals surface area contributed by atoms with E-state index in [-0.39, 0.29) is 5.97 Å². The average molecular weight is 275 g/mol. The van der Waals surface area contributed by atoms with Crippen LogP contribution in [0, 0.1) is 5.92 Å². The van der Waals surface area contributed by atoms with Gasteiger partial charge in [0.15, 0.2) is 0 Å². The summed E-state index contributed by atoms with van der Waals surface area (Å²) >= 11 is 1.65. The van der Waals surface area contributed by atoms with Crippen molar-refractivity contribution in [1.29, 1.82) is 0 Å². The predicted molar refractivity (Wildman–Crippen MR) is 75.0 cm³/mol. The van der Waals surface area contributed by atoms with E-state index in [2.05, 4.69) is 12.2 Å². The summed E-state index contributed by atoms with van der Waals surface area (Å²) in [5.74, 6) is 1.88. The lowest BCUT2D eigenvalue weighted by molar-refractivity contribution is -0.139. The number of rotatable bonds is 9. The Labute approximate surface area is 114 Å². The summed E-state index contributed by atoms with van der Waals surface area (Å²) in [6.45, 7) is 7.22. The van der Waals surface area contributed by atoms with Gasteiger partial charge in [0.2, 0.25) is 0 Å². The minimum atomic E-state index is -0.112. The van der Waals surface area contributed by atoms with Gasteiger partial charge in [-0.2, -0.15) is 0 Å². The van der Waals surface area contributed by atoms with Crippen LogP contribution in [-0.2, 0) is 14.3 Å².